The van der Waals surface area contributed by atoms with Gasteiger partial charge in [0, 0.05) is 13.1 Å². The molecule has 0 fully saturated rings. The highest BCUT2D eigenvalue weighted by molar-refractivity contribution is 7.89. The number of phenols is 1. The van der Waals surface area contributed by atoms with Crippen molar-refractivity contribution in [3.8, 4) is 5.75 Å². The van der Waals surface area contributed by atoms with Crippen LogP contribution in [0.25, 0.3) is 0 Å². The van der Waals surface area contributed by atoms with Crippen LogP contribution in [0.2, 0.25) is 0 Å². The molecule has 20 heavy (non-hydrogen) atoms. The van der Waals surface area contributed by atoms with Gasteiger partial charge >= 0.3 is 0 Å². The second-order valence-electron chi connectivity index (χ2n) is 4.32. The number of benzene rings is 1. The monoisotopic (exact) mass is 300 g/mol. The average Bonchev–Trinajstić information content (AvgIpc) is 2.39. The van der Waals surface area contributed by atoms with Crippen molar-refractivity contribution in [1.29, 1.82) is 0 Å². The van der Waals surface area contributed by atoms with Crippen molar-refractivity contribution in [3.63, 3.8) is 0 Å². The number of hydrogen-bond donors (Lipinski definition) is 2. The number of phenolic OH excluding ortho intramolecular Hbond substituents is 1. The molecule has 7 heteroatoms. The van der Waals surface area contributed by atoms with E-state index in [1.54, 1.807) is 0 Å². The fourth-order valence-electron chi connectivity index (χ4n) is 1.84. The third-order valence-corrected chi connectivity index (χ3v) is 4.52. The average molecular weight is 300 g/mol. The summed E-state index contributed by atoms with van der Waals surface area (Å²) < 4.78 is 26.5. The molecule has 0 radical (unpaired) electrons. The molecule has 0 bridgehead atoms. The number of nitrogens with one attached hydrogen (secondary N) is 1. The number of amides is 1. The van der Waals surface area contributed by atoms with Crippen LogP contribution in [-0.4, -0.2) is 43.5 Å². The topological polar surface area (TPSA) is 86.7 Å². The Labute approximate surface area is 119 Å². The molecule has 1 rings (SSSR count). The number of hydrogen-bond acceptors (Lipinski definition) is 4. The van der Waals surface area contributed by atoms with Crippen molar-refractivity contribution in [3.05, 3.63) is 24.3 Å². The highest BCUT2D eigenvalue weighted by Crippen LogP contribution is 2.21. The van der Waals surface area contributed by atoms with Crippen molar-refractivity contribution < 1.29 is 18.3 Å². The summed E-state index contributed by atoms with van der Waals surface area (Å²) in [5, 5.41) is 9.58. The molecule has 0 aliphatic carbocycles. The van der Waals surface area contributed by atoms with Crippen molar-refractivity contribution in [2.45, 2.75) is 31.7 Å². The lowest BCUT2D eigenvalue weighted by atomic mass is 10.3. The van der Waals surface area contributed by atoms with Crippen LogP contribution >= 0.6 is 0 Å². The highest BCUT2D eigenvalue weighted by atomic mass is 32.2. The molecule has 0 saturated heterocycles. The lowest BCUT2D eigenvalue weighted by Gasteiger charge is -2.23. The highest BCUT2D eigenvalue weighted by Gasteiger charge is 2.26. The van der Waals surface area contributed by atoms with E-state index in [-0.39, 0.29) is 16.6 Å². The van der Waals surface area contributed by atoms with Gasteiger partial charge in [0.25, 0.3) is 0 Å². The van der Waals surface area contributed by atoms with Gasteiger partial charge < -0.3 is 10.0 Å². The Morgan fingerprint density at radius 1 is 1.30 bits per heavy atom. The zero-order valence-electron chi connectivity index (χ0n) is 11.8. The van der Waals surface area contributed by atoms with Gasteiger partial charge in [-0.15, -0.1) is 0 Å². The van der Waals surface area contributed by atoms with E-state index in [4.69, 9.17) is 0 Å². The van der Waals surface area contributed by atoms with E-state index in [2.05, 4.69) is 4.72 Å². The van der Waals surface area contributed by atoms with Crippen molar-refractivity contribution in [1.82, 2.24) is 9.62 Å². The Balaban J connectivity index is 2.92. The van der Waals surface area contributed by atoms with Gasteiger partial charge in [-0.05, 0) is 32.9 Å². The Morgan fingerprint density at radius 2 is 1.85 bits per heavy atom. The Morgan fingerprint density at radius 3 is 2.35 bits per heavy atom. The number of aromatic hydroxyl groups is 1. The Kier molecular flexibility index (Phi) is 5.52. The molecule has 0 aromatic heterocycles. The maximum atomic E-state index is 12.1. The molecule has 1 aromatic rings. The smallest absolute Gasteiger partial charge is 0.244 e. The predicted molar refractivity (Wildman–Crippen MR) is 75.8 cm³/mol. The van der Waals surface area contributed by atoms with Crippen LogP contribution in [0, 0.1) is 0 Å². The summed E-state index contributed by atoms with van der Waals surface area (Å²) in [5.41, 5.74) is 0. The molecule has 0 saturated carbocycles. The first-order chi connectivity index (χ1) is 9.33. The van der Waals surface area contributed by atoms with Crippen LogP contribution in [0.1, 0.15) is 20.8 Å². The van der Waals surface area contributed by atoms with Gasteiger partial charge in [0.05, 0.1) is 6.04 Å². The van der Waals surface area contributed by atoms with E-state index in [1.807, 2.05) is 13.8 Å². The summed E-state index contributed by atoms with van der Waals surface area (Å²) in [6.07, 6.45) is 0. The third-order valence-electron chi connectivity index (χ3n) is 2.93. The van der Waals surface area contributed by atoms with Gasteiger partial charge in [-0.2, -0.15) is 4.72 Å². The maximum absolute atomic E-state index is 12.1. The number of rotatable bonds is 6. The molecule has 1 unspecified atom stereocenters. The molecular weight excluding hydrogens is 280 g/mol. The van der Waals surface area contributed by atoms with Gasteiger partial charge in [0.2, 0.25) is 15.9 Å². The normalized spacial score (nSPS) is 12.9. The minimum absolute atomic E-state index is 0.237. The lowest BCUT2D eigenvalue weighted by molar-refractivity contribution is -0.132. The second kappa shape index (κ2) is 6.71. The number of nitrogens with zero attached hydrogens (tertiary/aromatic N) is 1. The van der Waals surface area contributed by atoms with Crippen LogP contribution < -0.4 is 4.72 Å². The van der Waals surface area contributed by atoms with Gasteiger partial charge in [-0.3, -0.25) is 4.79 Å². The van der Waals surface area contributed by atoms with Crippen LogP contribution in [0.3, 0.4) is 0 Å². The van der Waals surface area contributed by atoms with Crippen LogP contribution in [-0.2, 0) is 14.8 Å². The molecule has 6 nitrogen and oxygen atoms in total. The zero-order valence-corrected chi connectivity index (χ0v) is 12.6. The second-order valence-corrected chi connectivity index (χ2v) is 6.00. The summed E-state index contributed by atoms with van der Waals surface area (Å²) in [6, 6.07) is 4.71. The van der Waals surface area contributed by atoms with E-state index in [9.17, 15) is 18.3 Å². The number of para-hydroxylation sites is 1. The molecule has 1 atom stereocenters. The first-order valence-electron chi connectivity index (χ1n) is 6.42. The van der Waals surface area contributed by atoms with E-state index < -0.39 is 16.1 Å². The van der Waals surface area contributed by atoms with Crippen LogP contribution in [0.5, 0.6) is 5.75 Å². The summed E-state index contributed by atoms with van der Waals surface area (Å²) in [7, 11) is -3.93. The van der Waals surface area contributed by atoms with Crippen LogP contribution in [0.4, 0.5) is 0 Å². The Bertz CT molecular complexity index is 567. The van der Waals surface area contributed by atoms with E-state index in [0.717, 1.165) is 0 Å². The SMILES string of the molecule is CCN(CC)C(=O)C(C)NS(=O)(=O)c1ccccc1O. The number of carbonyl (C=O) groups is 1. The summed E-state index contributed by atoms with van der Waals surface area (Å²) >= 11 is 0. The molecular formula is C13H20N2O4S. The number of carbonyl (C=O) groups excluding carboxylic acids is 1. The fourth-order valence-corrected chi connectivity index (χ4v) is 3.13. The molecule has 0 aliphatic rings. The molecule has 0 heterocycles. The Hall–Kier alpha value is -1.60. The van der Waals surface area contributed by atoms with Crippen LogP contribution in [0.15, 0.2) is 29.2 Å². The zero-order chi connectivity index (χ0) is 15.3. The maximum Gasteiger partial charge on any atom is 0.244 e. The first-order valence-corrected chi connectivity index (χ1v) is 7.90. The minimum atomic E-state index is -3.93. The van der Waals surface area contributed by atoms with E-state index >= 15 is 0 Å². The molecule has 1 amide bonds. The van der Waals surface area contributed by atoms with Gasteiger partial charge in [0.15, 0.2) is 0 Å². The van der Waals surface area contributed by atoms with Gasteiger partial charge in [0.1, 0.15) is 10.6 Å². The lowest BCUT2D eigenvalue weighted by Crippen LogP contribution is -2.46. The first kappa shape index (κ1) is 16.5. The standard InChI is InChI=1S/C13H20N2O4S/c1-4-15(5-2)13(17)10(3)14-20(18,19)12-9-7-6-8-11(12)16/h6-10,14,16H,4-5H2,1-3H3. The van der Waals surface area contributed by atoms with E-state index in [1.165, 1.54) is 36.1 Å². The molecule has 112 valence electrons. The van der Waals surface area contributed by atoms with Gasteiger partial charge in [-0.25, -0.2) is 8.42 Å². The quantitative estimate of drug-likeness (QED) is 0.818. The molecule has 1 aromatic carbocycles. The fraction of sp³-hybridized carbons (Fsp3) is 0.462. The van der Waals surface area contributed by atoms with Crippen molar-refractivity contribution in [2.24, 2.45) is 0 Å². The van der Waals surface area contributed by atoms with Crippen molar-refractivity contribution in [2.75, 3.05) is 13.1 Å². The summed E-state index contributed by atoms with van der Waals surface area (Å²) in [6.45, 7) is 6.16. The van der Waals surface area contributed by atoms with Crippen molar-refractivity contribution >= 4 is 15.9 Å². The van der Waals surface area contributed by atoms with Gasteiger partial charge in [-0.1, -0.05) is 12.1 Å². The predicted octanol–water partition coefficient (Wildman–Crippen LogP) is 0.927. The summed E-state index contributed by atoms with van der Waals surface area (Å²) in [5.74, 6) is -0.642. The number of sulfonamides is 1. The third kappa shape index (κ3) is 3.71. The van der Waals surface area contributed by atoms with E-state index in [0.29, 0.717) is 13.1 Å². The number of likely N-dealkylation sites (N-methyl/N-ethyl adjacent to an activating group) is 1. The summed E-state index contributed by atoms with van der Waals surface area (Å²) in [4.78, 5) is 13.3. The molecule has 0 aliphatic heterocycles. The molecule has 0 spiro atoms. The molecule has 2 N–H and O–H groups in total. The largest absolute Gasteiger partial charge is 0.507 e. The minimum Gasteiger partial charge on any atom is -0.507 e.